The second kappa shape index (κ2) is 6.57. The fourth-order valence-electron chi connectivity index (χ4n) is 2.51. The molecule has 1 atom stereocenters. The maximum atomic E-state index is 12.6. The van der Waals surface area contributed by atoms with Crippen molar-refractivity contribution < 1.29 is 4.79 Å². The average Bonchev–Trinajstić information content (AvgIpc) is 2.48. The molecule has 21 heavy (non-hydrogen) atoms. The molecule has 1 amide bonds. The van der Waals surface area contributed by atoms with E-state index < -0.39 is 0 Å². The first-order valence-corrected chi connectivity index (χ1v) is 7.42. The molecular weight excluding hydrogens is 258 g/mol. The standard InChI is InChI=1S/C19H23NO/c1-13(2)18(16-10-6-5-7-11-16)20-19(21)17-12-8-9-14(3)15(17)4/h5-13,18H,1-4H3,(H,20,21)/t18-/m0/s1. The third kappa shape index (κ3) is 3.52. The molecule has 2 heteroatoms. The highest BCUT2D eigenvalue weighted by atomic mass is 16.1. The lowest BCUT2D eigenvalue weighted by molar-refractivity contribution is 0.0925. The van der Waals surface area contributed by atoms with Crippen LogP contribution in [-0.2, 0) is 0 Å². The Morgan fingerprint density at radius 3 is 2.24 bits per heavy atom. The third-order valence-electron chi connectivity index (χ3n) is 3.96. The summed E-state index contributed by atoms with van der Waals surface area (Å²) in [5.41, 5.74) is 4.09. The van der Waals surface area contributed by atoms with Crippen molar-refractivity contribution in [3.05, 3.63) is 70.8 Å². The number of aryl methyl sites for hydroxylation is 1. The van der Waals surface area contributed by atoms with Gasteiger partial charge in [-0.05, 0) is 42.5 Å². The van der Waals surface area contributed by atoms with Gasteiger partial charge in [0.25, 0.3) is 5.91 Å². The van der Waals surface area contributed by atoms with Crippen molar-refractivity contribution in [2.24, 2.45) is 5.92 Å². The number of nitrogens with one attached hydrogen (secondary N) is 1. The van der Waals surface area contributed by atoms with E-state index in [-0.39, 0.29) is 11.9 Å². The van der Waals surface area contributed by atoms with E-state index in [9.17, 15) is 4.79 Å². The first kappa shape index (κ1) is 15.3. The molecule has 0 heterocycles. The molecule has 0 aromatic heterocycles. The Morgan fingerprint density at radius 1 is 0.952 bits per heavy atom. The van der Waals surface area contributed by atoms with Crippen molar-refractivity contribution in [2.45, 2.75) is 33.7 Å². The van der Waals surface area contributed by atoms with Crippen LogP contribution in [-0.4, -0.2) is 5.91 Å². The summed E-state index contributed by atoms with van der Waals surface area (Å²) in [6, 6.07) is 16.0. The van der Waals surface area contributed by atoms with Gasteiger partial charge in [0.15, 0.2) is 0 Å². The Morgan fingerprint density at radius 2 is 1.62 bits per heavy atom. The minimum absolute atomic E-state index is 0.00115. The Kier molecular flexibility index (Phi) is 4.79. The Balaban J connectivity index is 2.25. The van der Waals surface area contributed by atoms with E-state index in [4.69, 9.17) is 0 Å². The molecule has 2 nitrogen and oxygen atoms in total. The fourth-order valence-corrected chi connectivity index (χ4v) is 2.51. The van der Waals surface area contributed by atoms with E-state index in [1.807, 2.05) is 50.2 Å². The number of amides is 1. The molecule has 0 spiro atoms. The highest BCUT2D eigenvalue weighted by molar-refractivity contribution is 5.96. The van der Waals surface area contributed by atoms with Crippen LogP contribution in [0.25, 0.3) is 0 Å². The van der Waals surface area contributed by atoms with Gasteiger partial charge in [-0.25, -0.2) is 0 Å². The summed E-state index contributed by atoms with van der Waals surface area (Å²) in [5.74, 6) is 0.334. The molecule has 0 unspecified atom stereocenters. The van der Waals surface area contributed by atoms with Crippen LogP contribution in [0.2, 0.25) is 0 Å². The third-order valence-corrected chi connectivity index (χ3v) is 3.96. The topological polar surface area (TPSA) is 29.1 Å². The molecule has 0 aliphatic rings. The van der Waals surface area contributed by atoms with Crippen LogP contribution in [0.4, 0.5) is 0 Å². The number of hydrogen-bond acceptors (Lipinski definition) is 1. The van der Waals surface area contributed by atoms with Crippen molar-refractivity contribution in [3.8, 4) is 0 Å². The predicted molar refractivity (Wildman–Crippen MR) is 87.4 cm³/mol. The van der Waals surface area contributed by atoms with Crippen molar-refractivity contribution in [3.63, 3.8) is 0 Å². The van der Waals surface area contributed by atoms with E-state index in [0.717, 1.165) is 22.3 Å². The number of rotatable bonds is 4. The summed E-state index contributed by atoms with van der Waals surface area (Å²) < 4.78 is 0. The van der Waals surface area contributed by atoms with Gasteiger partial charge < -0.3 is 5.32 Å². The summed E-state index contributed by atoms with van der Waals surface area (Å²) in [4.78, 5) is 12.6. The minimum Gasteiger partial charge on any atom is -0.345 e. The Bertz CT molecular complexity index is 617. The summed E-state index contributed by atoms with van der Waals surface area (Å²) in [5, 5.41) is 3.18. The molecule has 0 aliphatic carbocycles. The van der Waals surface area contributed by atoms with Gasteiger partial charge in [0.05, 0.1) is 6.04 Å². The highest BCUT2D eigenvalue weighted by Crippen LogP contribution is 2.22. The lowest BCUT2D eigenvalue weighted by atomic mass is 9.95. The lowest BCUT2D eigenvalue weighted by Crippen LogP contribution is -2.32. The van der Waals surface area contributed by atoms with E-state index in [2.05, 4.69) is 31.3 Å². The van der Waals surface area contributed by atoms with Crippen LogP contribution in [0.3, 0.4) is 0 Å². The summed E-state index contributed by atoms with van der Waals surface area (Å²) in [6.07, 6.45) is 0. The predicted octanol–water partition coefficient (Wildman–Crippen LogP) is 4.43. The molecule has 2 rings (SSSR count). The molecule has 0 aliphatic heterocycles. The summed E-state index contributed by atoms with van der Waals surface area (Å²) in [7, 11) is 0. The number of carbonyl (C=O) groups is 1. The monoisotopic (exact) mass is 281 g/mol. The molecule has 2 aromatic carbocycles. The van der Waals surface area contributed by atoms with Crippen molar-refractivity contribution in [2.75, 3.05) is 0 Å². The average molecular weight is 281 g/mol. The Labute approximate surface area is 127 Å². The normalized spacial score (nSPS) is 12.2. The molecular formula is C19H23NO. The van der Waals surface area contributed by atoms with Gasteiger partial charge in [0.1, 0.15) is 0 Å². The second-order valence-corrected chi connectivity index (χ2v) is 5.85. The van der Waals surface area contributed by atoms with Crippen molar-refractivity contribution in [1.82, 2.24) is 5.32 Å². The Hall–Kier alpha value is -2.09. The van der Waals surface area contributed by atoms with E-state index in [1.54, 1.807) is 0 Å². The zero-order chi connectivity index (χ0) is 15.4. The maximum Gasteiger partial charge on any atom is 0.252 e. The lowest BCUT2D eigenvalue weighted by Gasteiger charge is -2.23. The molecule has 0 saturated carbocycles. The van der Waals surface area contributed by atoms with Crippen molar-refractivity contribution >= 4 is 5.91 Å². The molecule has 0 saturated heterocycles. The molecule has 110 valence electrons. The van der Waals surface area contributed by atoms with Crippen LogP contribution in [0.1, 0.15) is 46.9 Å². The molecule has 0 fully saturated rings. The SMILES string of the molecule is Cc1cccc(C(=O)N[C@H](c2ccccc2)C(C)C)c1C. The zero-order valence-electron chi connectivity index (χ0n) is 13.2. The zero-order valence-corrected chi connectivity index (χ0v) is 13.2. The quantitative estimate of drug-likeness (QED) is 0.882. The molecule has 0 bridgehead atoms. The molecule has 1 N–H and O–H groups in total. The van der Waals surface area contributed by atoms with Crippen LogP contribution >= 0.6 is 0 Å². The van der Waals surface area contributed by atoms with Gasteiger partial charge in [-0.3, -0.25) is 4.79 Å². The number of benzene rings is 2. The maximum absolute atomic E-state index is 12.6. The van der Waals surface area contributed by atoms with Gasteiger partial charge >= 0.3 is 0 Å². The summed E-state index contributed by atoms with van der Waals surface area (Å²) >= 11 is 0. The van der Waals surface area contributed by atoms with E-state index in [1.165, 1.54) is 0 Å². The molecule has 0 radical (unpaired) electrons. The highest BCUT2D eigenvalue weighted by Gasteiger charge is 2.20. The number of hydrogen-bond donors (Lipinski definition) is 1. The van der Waals surface area contributed by atoms with Crippen LogP contribution in [0.15, 0.2) is 48.5 Å². The van der Waals surface area contributed by atoms with Crippen molar-refractivity contribution in [1.29, 1.82) is 0 Å². The summed E-state index contributed by atoms with van der Waals surface area (Å²) in [6.45, 7) is 8.28. The minimum atomic E-state index is -0.00115. The van der Waals surface area contributed by atoms with Crippen LogP contribution < -0.4 is 5.32 Å². The van der Waals surface area contributed by atoms with Crippen LogP contribution in [0, 0.1) is 19.8 Å². The molecule has 2 aromatic rings. The first-order chi connectivity index (χ1) is 10.0. The second-order valence-electron chi connectivity index (χ2n) is 5.85. The number of carbonyl (C=O) groups excluding carboxylic acids is 1. The van der Waals surface area contributed by atoms with E-state index >= 15 is 0 Å². The van der Waals surface area contributed by atoms with Gasteiger partial charge in [0.2, 0.25) is 0 Å². The van der Waals surface area contributed by atoms with Gasteiger partial charge in [0, 0.05) is 5.56 Å². The van der Waals surface area contributed by atoms with Gasteiger partial charge in [-0.1, -0.05) is 56.3 Å². The van der Waals surface area contributed by atoms with Crippen LogP contribution in [0.5, 0.6) is 0 Å². The fraction of sp³-hybridized carbons (Fsp3) is 0.316. The van der Waals surface area contributed by atoms with Gasteiger partial charge in [-0.2, -0.15) is 0 Å². The first-order valence-electron chi connectivity index (χ1n) is 7.42. The largest absolute Gasteiger partial charge is 0.345 e. The van der Waals surface area contributed by atoms with E-state index in [0.29, 0.717) is 5.92 Å². The smallest absolute Gasteiger partial charge is 0.252 e. The van der Waals surface area contributed by atoms with Gasteiger partial charge in [-0.15, -0.1) is 0 Å².